The Morgan fingerprint density at radius 3 is 2.65 bits per heavy atom. The topological polar surface area (TPSA) is 51.4 Å². The van der Waals surface area contributed by atoms with Crippen molar-refractivity contribution in [1.29, 1.82) is 0 Å². The van der Waals surface area contributed by atoms with Crippen molar-refractivity contribution < 1.29 is 4.74 Å². The predicted octanol–water partition coefficient (Wildman–Crippen LogP) is 1.71. The molecule has 2 N–H and O–H groups in total. The first kappa shape index (κ1) is 13.9. The second-order valence-electron chi connectivity index (χ2n) is 4.46. The van der Waals surface area contributed by atoms with Crippen molar-refractivity contribution in [2.75, 3.05) is 25.1 Å². The van der Waals surface area contributed by atoms with Crippen LogP contribution in [0.1, 0.15) is 25.1 Å². The molecule has 0 bridgehead atoms. The van der Waals surface area contributed by atoms with Crippen molar-refractivity contribution in [2.45, 2.75) is 33.4 Å². The summed E-state index contributed by atoms with van der Waals surface area (Å²) in [4.78, 5) is 6.62. The third-order valence-corrected chi connectivity index (χ3v) is 2.67. The number of anilines is 1. The van der Waals surface area contributed by atoms with Gasteiger partial charge in [-0.2, -0.15) is 0 Å². The molecule has 4 heteroatoms. The van der Waals surface area contributed by atoms with E-state index in [0.29, 0.717) is 13.2 Å². The summed E-state index contributed by atoms with van der Waals surface area (Å²) >= 11 is 0. The van der Waals surface area contributed by atoms with E-state index in [2.05, 4.69) is 9.88 Å². The molecular weight excluding hydrogens is 214 g/mol. The molecule has 17 heavy (non-hydrogen) atoms. The molecule has 4 nitrogen and oxygen atoms in total. The maximum atomic E-state index is 5.62. The van der Waals surface area contributed by atoms with Gasteiger partial charge in [0.1, 0.15) is 5.82 Å². The third-order valence-electron chi connectivity index (χ3n) is 2.67. The fourth-order valence-electron chi connectivity index (χ4n) is 1.54. The van der Waals surface area contributed by atoms with E-state index < -0.39 is 0 Å². The summed E-state index contributed by atoms with van der Waals surface area (Å²) in [6.45, 7) is 8.17. The number of pyridine rings is 1. The van der Waals surface area contributed by atoms with E-state index in [1.165, 1.54) is 0 Å². The van der Waals surface area contributed by atoms with Gasteiger partial charge in [-0.15, -0.1) is 0 Å². The molecule has 1 aromatic rings. The van der Waals surface area contributed by atoms with Crippen LogP contribution in [0.5, 0.6) is 0 Å². The molecule has 0 aliphatic carbocycles. The second-order valence-corrected chi connectivity index (χ2v) is 4.46. The van der Waals surface area contributed by atoms with Crippen molar-refractivity contribution in [3.05, 3.63) is 23.4 Å². The molecule has 0 fully saturated rings. The average molecular weight is 237 g/mol. The van der Waals surface area contributed by atoms with E-state index in [9.17, 15) is 0 Å². The van der Waals surface area contributed by atoms with Crippen LogP contribution in [0.2, 0.25) is 0 Å². The molecule has 0 aliphatic heterocycles. The first-order chi connectivity index (χ1) is 8.04. The summed E-state index contributed by atoms with van der Waals surface area (Å²) in [5.41, 5.74) is 7.72. The molecule has 0 aliphatic rings. The number of nitrogens with zero attached hydrogens (tertiary/aromatic N) is 2. The van der Waals surface area contributed by atoms with Crippen LogP contribution in [0.3, 0.4) is 0 Å². The van der Waals surface area contributed by atoms with Gasteiger partial charge in [0.05, 0.1) is 12.7 Å². The van der Waals surface area contributed by atoms with Gasteiger partial charge in [-0.3, -0.25) is 0 Å². The quantitative estimate of drug-likeness (QED) is 0.818. The van der Waals surface area contributed by atoms with Crippen LogP contribution < -0.4 is 10.6 Å². The lowest BCUT2D eigenvalue weighted by Crippen LogP contribution is -2.25. The van der Waals surface area contributed by atoms with Gasteiger partial charge in [-0.05, 0) is 32.4 Å². The lowest BCUT2D eigenvalue weighted by atomic mass is 10.2. The lowest BCUT2D eigenvalue weighted by molar-refractivity contribution is 0.0845. The minimum atomic E-state index is 0.276. The second kappa shape index (κ2) is 6.57. The Labute approximate surface area is 104 Å². The van der Waals surface area contributed by atoms with E-state index >= 15 is 0 Å². The smallest absolute Gasteiger partial charge is 0.128 e. The Balaban J connectivity index is 2.57. The first-order valence-electron chi connectivity index (χ1n) is 6.04. The highest BCUT2D eigenvalue weighted by Gasteiger charge is 2.05. The molecule has 1 heterocycles. The fourth-order valence-corrected chi connectivity index (χ4v) is 1.54. The van der Waals surface area contributed by atoms with Gasteiger partial charge in [0.25, 0.3) is 0 Å². The summed E-state index contributed by atoms with van der Waals surface area (Å²) in [5, 5.41) is 0. The summed E-state index contributed by atoms with van der Waals surface area (Å²) in [6.07, 6.45) is 0.276. The minimum absolute atomic E-state index is 0.276. The molecule has 0 amide bonds. The fraction of sp³-hybridized carbons (Fsp3) is 0.615. The molecule has 0 radical (unpaired) electrons. The predicted molar refractivity (Wildman–Crippen MR) is 71.2 cm³/mol. The lowest BCUT2D eigenvalue weighted by Gasteiger charge is -2.20. The van der Waals surface area contributed by atoms with Crippen molar-refractivity contribution in [3.8, 4) is 0 Å². The van der Waals surface area contributed by atoms with Gasteiger partial charge in [-0.1, -0.05) is 6.07 Å². The highest BCUT2D eigenvalue weighted by molar-refractivity contribution is 5.40. The maximum Gasteiger partial charge on any atom is 0.128 e. The summed E-state index contributed by atoms with van der Waals surface area (Å²) in [6, 6.07) is 4.04. The number of aryl methyl sites for hydroxylation is 1. The normalized spacial score (nSPS) is 10.9. The Morgan fingerprint density at radius 2 is 2.12 bits per heavy atom. The van der Waals surface area contributed by atoms with Crippen LogP contribution >= 0.6 is 0 Å². The van der Waals surface area contributed by atoms with Crippen LogP contribution in [-0.2, 0) is 11.3 Å². The van der Waals surface area contributed by atoms with Crippen molar-refractivity contribution in [3.63, 3.8) is 0 Å². The maximum absolute atomic E-state index is 5.62. The zero-order valence-electron chi connectivity index (χ0n) is 11.2. The summed E-state index contributed by atoms with van der Waals surface area (Å²) < 4.78 is 5.52. The molecular formula is C13H23N3O. The van der Waals surface area contributed by atoms with E-state index in [-0.39, 0.29) is 6.10 Å². The SMILES string of the molecule is Cc1nc(N(C)CCOC(C)C)ccc1CN. The third kappa shape index (κ3) is 4.32. The monoisotopic (exact) mass is 237 g/mol. The highest BCUT2D eigenvalue weighted by atomic mass is 16.5. The molecule has 1 aromatic heterocycles. The number of hydrogen-bond acceptors (Lipinski definition) is 4. The van der Waals surface area contributed by atoms with Gasteiger partial charge in [0, 0.05) is 25.8 Å². The van der Waals surface area contributed by atoms with Gasteiger partial charge in [-0.25, -0.2) is 4.98 Å². The summed E-state index contributed by atoms with van der Waals surface area (Å²) in [5.74, 6) is 0.965. The molecule has 0 saturated carbocycles. The number of ether oxygens (including phenoxy) is 1. The van der Waals surface area contributed by atoms with E-state index in [1.807, 2.05) is 40.0 Å². The highest BCUT2D eigenvalue weighted by Crippen LogP contribution is 2.13. The Kier molecular flexibility index (Phi) is 5.38. The van der Waals surface area contributed by atoms with Gasteiger partial charge >= 0.3 is 0 Å². The largest absolute Gasteiger partial charge is 0.377 e. The Morgan fingerprint density at radius 1 is 1.41 bits per heavy atom. The van der Waals surface area contributed by atoms with Crippen LogP contribution in [0.4, 0.5) is 5.82 Å². The van der Waals surface area contributed by atoms with Crippen LogP contribution in [0.15, 0.2) is 12.1 Å². The molecule has 0 spiro atoms. The van der Waals surface area contributed by atoms with E-state index in [0.717, 1.165) is 23.6 Å². The van der Waals surface area contributed by atoms with Gasteiger partial charge < -0.3 is 15.4 Å². The molecule has 0 atom stereocenters. The number of rotatable bonds is 6. The summed E-state index contributed by atoms with van der Waals surface area (Å²) in [7, 11) is 2.02. The zero-order chi connectivity index (χ0) is 12.8. The molecule has 1 rings (SSSR count). The minimum Gasteiger partial charge on any atom is -0.377 e. The van der Waals surface area contributed by atoms with Crippen molar-refractivity contribution in [1.82, 2.24) is 4.98 Å². The number of nitrogens with two attached hydrogens (primary N) is 1. The van der Waals surface area contributed by atoms with E-state index in [1.54, 1.807) is 0 Å². The average Bonchev–Trinajstić information content (AvgIpc) is 2.28. The molecule has 0 aromatic carbocycles. The molecule has 0 saturated heterocycles. The van der Waals surface area contributed by atoms with Crippen molar-refractivity contribution >= 4 is 5.82 Å². The number of hydrogen-bond donors (Lipinski definition) is 1. The van der Waals surface area contributed by atoms with Gasteiger partial charge in [0.2, 0.25) is 0 Å². The van der Waals surface area contributed by atoms with Crippen molar-refractivity contribution in [2.24, 2.45) is 5.73 Å². The Bertz CT molecular complexity index is 353. The molecule has 0 unspecified atom stereocenters. The van der Waals surface area contributed by atoms with E-state index in [4.69, 9.17) is 10.5 Å². The van der Waals surface area contributed by atoms with Crippen LogP contribution in [0.25, 0.3) is 0 Å². The number of likely N-dealkylation sites (N-methyl/N-ethyl adjacent to an activating group) is 1. The van der Waals surface area contributed by atoms with Gasteiger partial charge in [0.15, 0.2) is 0 Å². The Hall–Kier alpha value is -1.13. The zero-order valence-corrected chi connectivity index (χ0v) is 11.2. The first-order valence-corrected chi connectivity index (χ1v) is 6.04. The standard InChI is InChI=1S/C13H23N3O/c1-10(2)17-8-7-16(4)13-6-5-12(9-14)11(3)15-13/h5-6,10H,7-9,14H2,1-4H3. The number of aromatic nitrogens is 1. The van der Waals surface area contributed by atoms with Crippen LogP contribution in [-0.4, -0.2) is 31.3 Å². The molecule has 96 valence electrons. The van der Waals surface area contributed by atoms with Crippen LogP contribution in [0, 0.1) is 6.92 Å².